The molecule has 0 heterocycles. The van der Waals surface area contributed by atoms with E-state index in [9.17, 15) is 14.0 Å². The smallest absolute Gasteiger partial charge is 0.256 e. The number of nitrogens with one attached hydrogen (secondary N) is 1. The zero-order chi connectivity index (χ0) is 15.6. The van der Waals surface area contributed by atoms with E-state index in [2.05, 4.69) is 5.32 Å². The van der Waals surface area contributed by atoms with Crippen LogP contribution in [0.5, 0.6) is 0 Å². The van der Waals surface area contributed by atoms with Crippen LogP contribution in [-0.2, 0) is 0 Å². The van der Waals surface area contributed by atoms with Crippen molar-refractivity contribution in [2.75, 3.05) is 5.32 Å². The first-order chi connectivity index (χ1) is 9.90. The van der Waals surface area contributed by atoms with Crippen LogP contribution in [0.25, 0.3) is 0 Å². The zero-order valence-electron chi connectivity index (χ0n) is 10.9. The molecule has 2 aromatic carbocycles. The van der Waals surface area contributed by atoms with Crippen LogP contribution in [0.1, 0.15) is 26.3 Å². The van der Waals surface area contributed by atoms with Gasteiger partial charge in [-0.2, -0.15) is 0 Å². The van der Waals surface area contributed by atoms with E-state index in [1.54, 1.807) is 0 Å². The fourth-order valence-corrected chi connectivity index (χ4v) is 2.13. The Hall–Kier alpha value is -1.91. The van der Waals surface area contributed by atoms with Crippen LogP contribution in [0.3, 0.4) is 0 Å². The molecule has 0 fully saturated rings. The van der Waals surface area contributed by atoms with Crippen molar-refractivity contribution >= 4 is 40.0 Å². The molecule has 0 unspecified atom stereocenters. The molecule has 0 aromatic heterocycles. The number of benzene rings is 2. The van der Waals surface area contributed by atoms with Crippen LogP contribution >= 0.6 is 23.2 Å². The molecular formula is C15H10Cl2FNO2. The van der Waals surface area contributed by atoms with E-state index >= 15 is 0 Å². The maximum atomic E-state index is 13.4. The lowest BCUT2D eigenvalue weighted by atomic mass is 10.1. The number of hydrogen-bond donors (Lipinski definition) is 1. The summed E-state index contributed by atoms with van der Waals surface area (Å²) in [7, 11) is 0. The zero-order valence-corrected chi connectivity index (χ0v) is 12.4. The molecule has 0 aliphatic carbocycles. The molecule has 0 saturated heterocycles. The van der Waals surface area contributed by atoms with Gasteiger partial charge in [0, 0.05) is 11.1 Å². The first kappa shape index (κ1) is 15.5. The molecule has 6 heteroatoms. The van der Waals surface area contributed by atoms with Gasteiger partial charge in [-0.15, -0.1) is 0 Å². The van der Waals surface area contributed by atoms with Crippen LogP contribution < -0.4 is 5.32 Å². The molecule has 0 aliphatic rings. The Balaban J connectivity index is 2.28. The molecule has 0 bridgehead atoms. The second-order valence-electron chi connectivity index (χ2n) is 4.33. The quantitative estimate of drug-likeness (QED) is 0.849. The predicted molar refractivity (Wildman–Crippen MR) is 80.7 cm³/mol. The van der Waals surface area contributed by atoms with E-state index in [1.165, 1.54) is 43.3 Å². The van der Waals surface area contributed by atoms with E-state index in [0.717, 1.165) is 0 Å². The summed E-state index contributed by atoms with van der Waals surface area (Å²) < 4.78 is 13.4. The SMILES string of the molecule is Cc1c(F)cccc1C(=O)Nc1ccc(C(=O)Cl)cc1Cl. The summed E-state index contributed by atoms with van der Waals surface area (Å²) in [4.78, 5) is 23.1. The minimum atomic E-state index is -0.643. The van der Waals surface area contributed by atoms with Crippen molar-refractivity contribution in [2.24, 2.45) is 0 Å². The summed E-state index contributed by atoms with van der Waals surface area (Å²) in [5.74, 6) is -0.948. The van der Waals surface area contributed by atoms with E-state index in [1.807, 2.05) is 0 Å². The van der Waals surface area contributed by atoms with Gasteiger partial charge in [0.25, 0.3) is 11.1 Å². The molecule has 2 aromatic rings. The average Bonchev–Trinajstić information content (AvgIpc) is 2.43. The molecule has 0 spiro atoms. The lowest BCUT2D eigenvalue weighted by Crippen LogP contribution is -2.14. The number of rotatable bonds is 3. The van der Waals surface area contributed by atoms with Crippen molar-refractivity contribution in [3.05, 3.63) is 63.9 Å². The molecule has 0 aliphatic heterocycles. The molecule has 1 amide bonds. The second-order valence-corrected chi connectivity index (χ2v) is 5.09. The van der Waals surface area contributed by atoms with Crippen LogP contribution in [-0.4, -0.2) is 11.1 Å². The summed E-state index contributed by atoms with van der Waals surface area (Å²) in [6, 6.07) is 8.50. The lowest BCUT2D eigenvalue weighted by molar-refractivity contribution is 0.102. The molecule has 0 radical (unpaired) electrons. The van der Waals surface area contributed by atoms with Gasteiger partial charge in [-0.1, -0.05) is 17.7 Å². The maximum Gasteiger partial charge on any atom is 0.256 e. The van der Waals surface area contributed by atoms with Crippen LogP contribution in [0.2, 0.25) is 5.02 Å². The molecule has 108 valence electrons. The second kappa shape index (κ2) is 6.24. The Morgan fingerprint density at radius 3 is 2.52 bits per heavy atom. The van der Waals surface area contributed by atoms with Crippen molar-refractivity contribution in [1.29, 1.82) is 0 Å². The van der Waals surface area contributed by atoms with Gasteiger partial charge < -0.3 is 5.32 Å². The minimum Gasteiger partial charge on any atom is -0.321 e. The third kappa shape index (κ3) is 3.40. The number of carbonyl (C=O) groups excluding carboxylic acids is 2. The lowest BCUT2D eigenvalue weighted by Gasteiger charge is -2.10. The Labute approximate surface area is 130 Å². The van der Waals surface area contributed by atoms with Crippen molar-refractivity contribution in [3.63, 3.8) is 0 Å². The molecule has 3 nitrogen and oxygen atoms in total. The Morgan fingerprint density at radius 2 is 1.90 bits per heavy atom. The van der Waals surface area contributed by atoms with E-state index in [0.29, 0.717) is 5.69 Å². The minimum absolute atomic E-state index is 0.170. The number of hydrogen-bond acceptors (Lipinski definition) is 2. The van der Waals surface area contributed by atoms with Crippen molar-refractivity contribution in [2.45, 2.75) is 6.92 Å². The van der Waals surface area contributed by atoms with Crippen LogP contribution in [0, 0.1) is 12.7 Å². The highest BCUT2D eigenvalue weighted by Gasteiger charge is 2.14. The summed E-state index contributed by atoms with van der Waals surface area (Å²) in [5.41, 5.74) is 0.996. The van der Waals surface area contributed by atoms with Gasteiger partial charge in [-0.25, -0.2) is 4.39 Å². The fourth-order valence-electron chi connectivity index (χ4n) is 1.78. The first-order valence-corrected chi connectivity index (χ1v) is 6.71. The van der Waals surface area contributed by atoms with Gasteiger partial charge in [-0.3, -0.25) is 9.59 Å². The molecule has 21 heavy (non-hydrogen) atoms. The topological polar surface area (TPSA) is 46.2 Å². The van der Waals surface area contributed by atoms with Crippen molar-refractivity contribution in [1.82, 2.24) is 0 Å². The standard InChI is InChI=1S/C15H10Cl2FNO2/c1-8-10(3-2-4-12(8)18)15(21)19-13-6-5-9(14(17)20)7-11(13)16/h2-7H,1H3,(H,19,21). The Bertz CT molecular complexity index is 732. The Kier molecular flexibility index (Phi) is 4.60. The highest BCUT2D eigenvalue weighted by molar-refractivity contribution is 6.67. The largest absolute Gasteiger partial charge is 0.321 e. The van der Waals surface area contributed by atoms with Gasteiger partial charge in [0.2, 0.25) is 0 Å². The maximum absolute atomic E-state index is 13.4. The summed E-state index contributed by atoms with van der Waals surface area (Å²) in [5, 5.41) is 2.10. The normalized spacial score (nSPS) is 10.3. The highest BCUT2D eigenvalue weighted by atomic mass is 35.5. The van der Waals surface area contributed by atoms with Crippen LogP contribution in [0.15, 0.2) is 36.4 Å². The first-order valence-electron chi connectivity index (χ1n) is 5.96. The molecule has 2 rings (SSSR count). The van der Waals surface area contributed by atoms with Gasteiger partial charge >= 0.3 is 0 Å². The Morgan fingerprint density at radius 1 is 1.19 bits per heavy atom. The monoisotopic (exact) mass is 325 g/mol. The number of amides is 1. The third-order valence-electron chi connectivity index (χ3n) is 2.96. The van der Waals surface area contributed by atoms with E-state index in [-0.39, 0.29) is 21.7 Å². The van der Waals surface area contributed by atoms with Gasteiger partial charge in [0.15, 0.2) is 0 Å². The number of carbonyl (C=O) groups is 2. The van der Waals surface area contributed by atoms with Crippen LogP contribution in [0.4, 0.5) is 10.1 Å². The average molecular weight is 326 g/mol. The predicted octanol–water partition coefficient (Wildman–Crippen LogP) is 4.42. The molecule has 1 N–H and O–H groups in total. The molecular weight excluding hydrogens is 316 g/mol. The summed E-state index contributed by atoms with van der Waals surface area (Å²) >= 11 is 11.3. The van der Waals surface area contributed by atoms with Gasteiger partial charge in [-0.05, 0) is 54.4 Å². The highest BCUT2D eigenvalue weighted by Crippen LogP contribution is 2.25. The fraction of sp³-hybridized carbons (Fsp3) is 0.0667. The van der Waals surface area contributed by atoms with E-state index < -0.39 is 17.0 Å². The molecule has 0 saturated carbocycles. The molecule has 0 atom stereocenters. The van der Waals surface area contributed by atoms with Crippen molar-refractivity contribution in [3.8, 4) is 0 Å². The third-order valence-corrected chi connectivity index (χ3v) is 3.49. The number of anilines is 1. The number of halogens is 3. The van der Waals surface area contributed by atoms with E-state index in [4.69, 9.17) is 23.2 Å². The summed E-state index contributed by atoms with van der Waals surface area (Å²) in [6.07, 6.45) is 0. The summed E-state index contributed by atoms with van der Waals surface area (Å²) in [6.45, 7) is 1.51. The van der Waals surface area contributed by atoms with Crippen molar-refractivity contribution < 1.29 is 14.0 Å². The van der Waals surface area contributed by atoms with Gasteiger partial charge in [0.05, 0.1) is 10.7 Å². The van der Waals surface area contributed by atoms with Gasteiger partial charge in [0.1, 0.15) is 5.82 Å².